The van der Waals surface area contributed by atoms with Crippen molar-refractivity contribution in [3.63, 3.8) is 0 Å². The summed E-state index contributed by atoms with van der Waals surface area (Å²) in [7, 11) is 0. The fourth-order valence-corrected chi connectivity index (χ4v) is 1.38. The van der Waals surface area contributed by atoms with Crippen LogP contribution < -0.4 is 10.6 Å². The van der Waals surface area contributed by atoms with Gasteiger partial charge < -0.3 is 15.4 Å². The molecule has 0 radical (unpaired) electrons. The highest BCUT2D eigenvalue weighted by atomic mass is 19.1. The van der Waals surface area contributed by atoms with Gasteiger partial charge in [-0.3, -0.25) is 4.79 Å². The van der Waals surface area contributed by atoms with Gasteiger partial charge in [0.2, 0.25) is 5.91 Å². The third-order valence-electron chi connectivity index (χ3n) is 2.26. The molecule has 0 aliphatic heterocycles. The zero-order valence-electron chi connectivity index (χ0n) is 10.5. The number of carbonyl (C=O) groups excluding carboxylic acids is 1. The lowest BCUT2D eigenvalue weighted by Gasteiger charge is -2.06. The number of benzene rings is 1. The lowest BCUT2D eigenvalue weighted by Crippen LogP contribution is -2.29. The highest BCUT2D eigenvalue weighted by Gasteiger charge is 2.01. The zero-order chi connectivity index (χ0) is 13.2. The molecule has 18 heavy (non-hydrogen) atoms. The van der Waals surface area contributed by atoms with Crippen LogP contribution in [0.1, 0.15) is 13.3 Å². The molecule has 0 fully saturated rings. The minimum absolute atomic E-state index is 0.141. The maximum absolute atomic E-state index is 12.6. The van der Waals surface area contributed by atoms with E-state index >= 15 is 0 Å². The van der Waals surface area contributed by atoms with Crippen molar-refractivity contribution < 1.29 is 13.9 Å². The van der Waals surface area contributed by atoms with Crippen LogP contribution in [-0.2, 0) is 9.53 Å². The van der Waals surface area contributed by atoms with Crippen LogP contribution in [0.25, 0.3) is 0 Å². The summed E-state index contributed by atoms with van der Waals surface area (Å²) in [6.45, 7) is 4.33. The van der Waals surface area contributed by atoms with Gasteiger partial charge in [0.1, 0.15) is 5.82 Å². The molecule has 0 aliphatic carbocycles. The van der Waals surface area contributed by atoms with E-state index in [0.29, 0.717) is 18.9 Å². The van der Waals surface area contributed by atoms with E-state index in [1.54, 1.807) is 0 Å². The van der Waals surface area contributed by atoms with E-state index in [1.807, 2.05) is 6.92 Å². The predicted octanol–water partition coefficient (Wildman–Crippen LogP) is 1.78. The van der Waals surface area contributed by atoms with Crippen molar-refractivity contribution in [3.05, 3.63) is 30.1 Å². The molecular weight excluding hydrogens is 235 g/mol. The topological polar surface area (TPSA) is 50.4 Å². The van der Waals surface area contributed by atoms with Crippen molar-refractivity contribution in [1.82, 2.24) is 5.32 Å². The lowest BCUT2D eigenvalue weighted by molar-refractivity contribution is -0.115. The molecule has 0 aromatic heterocycles. The molecule has 5 heteroatoms. The van der Waals surface area contributed by atoms with Gasteiger partial charge in [-0.15, -0.1) is 0 Å². The Morgan fingerprint density at radius 2 is 2.06 bits per heavy atom. The Balaban J connectivity index is 2.12. The summed E-state index contributed by atoms with van der Waals surface area (Å²) < 4.78 is 17.8. The number of rotatable bonds is 8. The van der Waals surface area contributed by atoms with Crippen molar-refractivity contribution >= 4 is 11.6 Å². The average molecular weight is 254 g/mol. The first-order valence-corrected chi connectivity index (χ1v) is 6.06. The fraction of sp³-hybridized carbons (Fsp3) is 0.462. The van der Waals surface area contributed by atoms with Crippen molar-refractivity contribution in [1.29, 1.82) is 0 Å². The van der Waals surface area contributed by atoms with Gasteiger partial charge >= 0.3 is 0 Å². The summed E-state index contributed by atoms with van der Waals surface area (Å²) in [5, 5.41) is 5.68. The normalized spacial score (nSPS) is 10.3. The molecule has 1 aromatic carbocycles. The van der Waals surface area contributed by atoms with Gasteiger partial charge in [0.05, 0.1) is 6.54 Å². The minimum atomic E-state index is -0.318. The maximum Gasteiger partial charge on any atom is 0.238 e. The maximum atomic E-state index is 12.6. The summed E-state index contributed by atoms with van der Waals surface area (Å²) in [5.74, 6) is -0.458. The van der Waals surface area contributed by atoms with Crippen LogP contribution in [0.15, 0.2) is 24.3 Å². The first-order chi connectivity index (χ1) is 8.72. The quantitative estimate of drug-likeness (QED) is 0.695. The molecular formula is C13H19FN2O2. The number of carbonyl (C=O) groups is 1. The molecule has 0 aliphatic rings. The van der Waals surface area contributed by atoms with Crippen molar-refractivity contribution in [2.24, 2.45) is 0 Å². The first kappa shape index (κ1) is 14.6. The Bertz CT molecular complexity index is 355. The number of hydrogen-bond acceptors (Lipinski definition) is 3. The summed E-state index contributed by atoms with van der Waals surface area (Å²) in [6, 6.07) is 5.68. The van der Waals surface area contributed by atoms with E-state index < -0.39 is 0 Å². The second-order valence-corrected chi connectivity index (χ2v) is 3.78. The highest BCUT2D eigenvalue weighted by Crippen LogP contribution is 2.07. The zero-order valence-corrected chi connectivity index (χ0v) is 10.5. The molecule has 100 valence electrons. The fourth-order valence-electron chi connectivity index (χ4n) is 1.38. The smallest absolute Gasteiger partial charge is 0.238 e. The van der Waals surface area contributed by atoms with E-state index in [9.17, 15) is 9.18 Å². The lowest BCUT2D eigenvalue weighted by atomic mass is 10.3. The van der Waals surface area contributed by atoms with Gasteiger partial charge in [0.15, 0.2) is 0 Å². The van der Waals surface area contributed by atoms with E-state index in [-0.39, 0.29) is 18.3 Å². The van der Waals surface area contributed by atoms with E-state index in [2.05, 4.69) is 10.6 Å². The highest BCUT2D eigenvalue weighted by molar-refractivity contribution is 5.92. The average Bonchev–Trinajstić information content (AvgIpc) is 2.36. The number of ether oxygens (including phenoxy) is 1. The van der Waals surface area contributed by atoms with E-state index in [4.69, 9.17) is 4.74 Å². The second kappa shape index (κ2) is 8.60. The van der Waals surface area contributed by atoms with Crippen LogP contribution in [-0.4, -0.2) is 32.2 Å². The summed E-state index contributed by atoms with van der Waals surface area (Å²) in [6.07, 6.45) is 0.873. The number of amides is 1. The predicted molar refractivity (Wildman–Crippen MR) is 69.0 cm³/mol. The molecule has 0 bridgehead atoms. The number of hydrogen-bond donors (Lipinski definition) is 2. The Morgan fingerprint density at radius 1 is 1.33 bits per heavy atom. The third-order valence-corrected chi connectivity index (χ3v) is 2.26. The number of anilines is 1. The van der Waals surface area contributed by atoms with Gasteiger partial charge in [-0.1, -0.05) is 0 Å². The minimum Gasteiger partial charge on any atom is -0.382 e. The van der Waals surface area contributed by atoms with Gasteiger partial charge in [0, 0.05) is 18.9 Å². The van der Waals surface area contributed by atoms with Crippen LogP contribution in [0.2, 0.25) is 0 Å². The van der Waals surface area contributed by atoms with Crippen LogP contribution in [0.3, 0.4) is 0 Å². The van der Waals surface area contributed by atoms with Gasteiger partial charge in [0.25, 0.3) is 0 Å². The molecule has 1 amide bonds. The molecule has 0 unspecified atom stereocenters. The molecule has 0 saturated carbocycles. The SMILES string of the molecule is CCOCCCNCC(=O)Nc1ccc(F)cc1. The summed E-state index contributed by atoms with van der Waals surface area (Å²) in [4.78, 5) is 11.5. The van der Waals surface area contributed by atoms with Gasteiger partial charge in [-0.2, -0.15) is 0 Å². The molecule has 4 nitrogen and oxygen atoms in total. The monoisotopic (exact) mass is 254 g/mol. The molecule has 0 atom stereocenters. The standard InChI is InChI=1S/C13H19FN2O2/c1-2-18-9-3-8-15-10-13(17)16-12-6-4-11(14)5-7-12/h4-7,15H,2-3,8-10H2,1H3,(H,16,17). The molecule has 0 saturated heterocycles. The van der Waals surface area contributed by atoms with Crippen LogP contribution >= 0.6 is 0 Å². The van der Waals surface area contributed by atoms with Crippen LogP contribution in [0.4, 0.5) is 10.1 Å². The Kier molecular flexibility index (Phi) is 6.98. The Morgan fingerprint density at radius 3 is 2.72 bits per heavy atom. The van der Waals surface area contributed by atoms with Crippen molar-refractivity contribution in [2.75, 3.05) is 31.6 Å². The van der Waals surface area contributed by atoms with Gasteiger partial charge in [-0.05, 0) is 44.2 Å². The van der Waals surface area contributed by atoms with Gasteiger partial charge in [-0.25, -0.2) is 4.39 Å². The molecule has 0 spiro atoms. The van der Waals surface area contributed by atoms with Crippen LogP contribution in [0.5, 0.6) is 0 Å². The first-order valence-electron chi connectivity index (χ1n) is 6.06. The molecule has 1 rings (SSSR count). The third kappa shape index (κ3) is 6.32. The van der Waals surface area contributed by atoms with Crippen LogP contribution in [0, 0.1) is 5.82 Å². The number of nitrogens with one attached hydrogen (secondary N) is 2. The Labute approximate surface area is 107 Å². The summed E-state index contributed by atoms with van der Waals surface area (Å²) >= 11 is 0. The number of halogens is 1. The van der Waals surface area contributed by atoms with Crippen molar-refractivity contribution in [3.8, 4) is 0 Å². The summed E-state index contributed by atoms with van der Waals surface area (Å²) in [5.41, 5.74) is 0.595. The van der Waals surface area contributed by atoms with Crippen molar-refractivity contribution in [2.45, 2.75) is 13.3 Å². The Hall–Kier alpha value is -1.46. The molecule has 2 N–H and O–H groups in total. The second-order valence-electron chi connectivity index (χ2n) is 3.78. The molecule has 1 aromatic rings. The largest absolute Gasteiger partial charge is 0.382 e. The molecule has 0 heterocycles. The van der Waals surface area contributed by atoms with E-state index in [1.165, 1.54) is 24.3 Å². The van der Waals surface area contributed by atoms with E-state index in [0.717, 1.165) is 13.0 Å².